The zero-order valence-corrected chi connectivity index (χ0v) is 20.9. The molecule has 3 N–H and O–H groups in total. The summed E-state index contributed by atoms with van der Waals surface area (Å²) >= 11 is 3.41. The Bertz CT molecular complexity index is 1120. The molecule has 0 saturated heterocycles. The van der Waals surface area contributed by atoms with E-state index < -0.39 is 23.0 Å². The molecule has 1 aromatic heterocycles. The number of nitrogens with two attached hydrogens (primary N) is 1. The molecule has 0 aliphatic rings. The average Bonchev–Trinajstić information content (AvgIpc) is 3.03. The number of carbonyl (C=O) groups is 1. The van der Waals surface area contributed by atoms with Crippen LogP contribution < -0.4 is 5.73 Å². The Morgan fingerprint density at radius 2 is 2.06 bits per heavy atom. The molecule has 6 nitrogen and oxygen atoms in total. The molecule has 0 aliphatic carbocycles. The van der Waals surface area contributed by atoms with Crippen LogP contribution >= 0.6 is 27.7 Å². The van der Waals surface area contributed by atoms with E-state index in [9.17, 15) is 18.8 Å². The number of benzene rings is 2. The molecule has 10 heteroatoms. The van der Waals surface area contributed by atoms with Gasteiger partial charge in [-0.05, 0) is 64.4 Å². The van der Waals surface area contributed by atoms with Crippen molar-refractivity contribution in [1.82, 2.24) is 4.57 Å². The van der Waals surface area contributed by atoms with E-state index in [2.05, 4.69) is 15.9 Å². The third-order valence-corrected chi connectivity index (χ3v) is 7.93. The Kier molecular flexibility index (Phi) is 8.51. The zero-order chi connectivity index (χ0) is 23.4. The van der Waals surface area contributed by atoms with Gasteiger partial charge in [0.25, 0.3) is 0 Å². The van der Waals surface area contributed by atoms with Crippen molar-refractivity contribution in [2.24, 2.45) is 12.8 Å². The van der Waals surface area contributed by atoms with E-state index >= 15 is 0 Å². The first-order chi connectivity index (χ1) is 15.3. The smallest absolute Gasteiger partial charge is 0.340 e. The standard InChI is InChI=1S/C22H24BrFN2O4S2/c1-3-30-22(28)20-18(12-32(29)14-6-4-13(24)5-7-14)26(2)17-10-16(23)21(27)15(19(17)20)11-31-9-8-25/h4-7,10,27H,3,8-9,11-12,25H2,1-2H3. The lowest BCUT2D eigenvalue weighted by atomic mass is 10.0. The lowest BCUT2D eigenvalue weighted by Crippen LogP contribution is -2.14. The lowest BCUT2D eigenvalue weighted by Gasteiger charge is -2.13. The number of hydrogen-bond donors (Lipinski definition) is 2. The molecule has 1 heterocycles. The molecule has 0 radical (unpaired) electrons. The summed E-state index contributed by atoms with van der Waals surface area (Å²) in [5, 5.41) is 11.3. The second-order valence-corrected chi connectivity index (χ2v) is 10.4. The van der Waals surface area contributed by atoms with Gasteiger partial charge in [-0.2, -0.15) is 11.8 Å². The van der Waals surface area contributed by atoms with Crippen LogP contribution in [0.25, 0.3) is 10.9 Å². The highest BCUT2D eigenvalue weighted by molar-refractivity contribution is 9.10. The number of halogens is 2. The molecule has 32 heavy (non-hydrogen) atoms. The summed E-state index contributed by atoms with van der Waals surface area (Å²) in [7, 11) is 1.78. The minimum atomic E-state index is -1.53. The van der Waals surface area contributed by atoms with E-state index in [0.29, 0.717) is 49.6 Å². The Hall–Kier alpha value is -1.72. The number of hydrogen-bond acceptors (Lipinski definition) is 6. The van der Waals surface area contributed by atoms with E-state index in [0.717, 1.165) is 0 Å². The first-order valence-electron chi connectivity index (χ1n) is 9.90. The van der Waals surface area contributed by atoms with Crippen LogP contribution in [-0.2, 0) is 34.5 Å². The van der Waals surface area contributed by atoms with Crippen molar-refractivity contribution < 1.29 is 23.6 Å². The maximum atomic E-state index is 13.3. The number of carbonyl (C=O) groups excluding carboxylic acids is 1. The van der Waals surface area contributed by atoms with Crippen LogP contribution in [0, 0.1) is 5.82 Å². The minimum absolute atomic E-state index is 0.0265. The normalized spacial score (nSPS) is 12.3. The van der Waals surface area contributed by atoms with Crippen molar-refractivity contribution in [3.8, 4) is 5.75 Å². The predicted molar refractivity (Wildman–Crippen MR) is 130 cm³/mol. The molecule has 2 aromatic carbocycles. The van der Waals surface area contributed by atoms with Gasteiger partial charge in [0.2, 0.25) is 0 Å². The van der Waals surface area contributed by atoms with E-state index in [1.54, 1.807) is 36.4 Å². The Balaban J connectivity index is 2.19. The highest BCUT2D eigenvalue weighted by atomic mass is 79.9. The second-order valence-electron chi connectivity index (χ2n) is 6.97. The first kappa shape index (κ1) is 24.9. The fraction of sp³-hybridized carbons (Fsp3) is 0.318. The number of aromatic nitrogens is 1. The van der Waals surface area contributed by atoms with Crippen molar-refractivity contribution in [3.05, 3.63) is 57.4 Å². The highest BCUT2D eigenvalue weighted by Crippen LogP contribution is 2.41. The van der Waals surface area contributed by atoms with Gasteiger partial charge in [-0.1, -0.05) is 0 Å². The maximum absolute atomic E-state index is 13.3. The number of phenolic OH excluding ortho intramolecular Hbond substituents is 1. The van der Waals surface area contributed by atoms with Gasteiger partial charge in [0.05, 0.1) is 27.9 Å². The zero-order valence-electron chi connectivity index (χ0n) is 17.7. The van der Waals surface area contributed by atoms with Gasteiger partial charge < -0.3 is 24.7 Å². The summed E-state index contributed by atoms with van der Waals surface area (Å²) in [5.41, 5.74) is 7.70. The Morgan fingerprint density at radius 1 is 1.38 bits per heavy atom. The van der Waals surface area contributed by atoms with Gasteiger partial charge in [-0.3, -0.25) is 0 Å². The van der Waals surface area contributed by atoms with E-state index in [-0.39, 0.29) is 23.7 Å². The topological polar surface area (TPSA) is 101 Å². The third-order valence-electron chi connectivity index (χ3n) is 4.97. The first-order valence-corrected chi connectivity index (χ1v) is 13.2. The predicted octanol–water partition coefficient (Wildman–Crippen LogP) is 4.46. The number of thioether (sulfide) groups is 1. The van der Waals surface area contributed by atoms with Crippen LogP contribution in [0.15, 0.2) is 39.7 Å². The number of esters is 1. The largest absolute Gasteiger partial charge is 0.611 e. The number of phenols is 1. The highest BCUT2D eigenvalue weighted by Gasteiger charge is 2.30. The van der Waals surface area contributed by atoms with Crippen molar-refractivity contribution in [1.29, 1.82) is 0 Å². The van der Waals surface area contributed by atoms with Crippen molar-refractivity contribution in [2.45, 2.75) is 23.3 Å². The van der Waals surface area contributed by atoms with Crippen molar-refractivity contribution in [2.75, 3.05) is 18.9 Å². The molecule has 3 aromatic rings. The summed E-state index contributed by atoms with van der Waals surface area (Å²) in [4.78, 5) is 13.5. The molecular formula is C22H24BrFN2O4S2. The number of aryl methyl sites for hydroxylation is 1. The second kappa shape index (κ2) is 10.9. The van der Waals surface area contributed by atoms with Crippen LogP contribution in [-0.4, -0.2) is 39.1 Å². The Labute approximate surface area is 201 Å². The SMILES string of the molecule is CCOC(=O)c1c(C[S+]([O-])c2ccc(F)cc2)n(C)c2cc(Br)c(O)c(CSCCN)c12. The number of aromatic hydroxyl groups is 1. The summed E-state index contributed by atoms with van der Waals surface area (Å²) < 4.78 is 34.0. The minimum Gasteiger partial charge on any atom is -0.611 e. The summed E-state index contributed by atoms with van der Waals surface area (Å²) in [6.07, 6.45) is 0. The number of nitrogens with zero attached hydrogens (tertiary/aromatic N) is 1. The number of ether oxygens (including phenoxy) is 1. The monoisotopic (exact) mass is 542 g/mol. The average molecular weight is 543 g/mol. The van der Waals surface area contributed by atoms with E-state index in [1.807, 2.05) is 0 Å². The van der Waals surface area contributed by atoms with Gasteiger partial charge in [0.15, 0.2) is 10.6 Å². The van der Waals surface area contributed by atoms with Crippen LogP contribution in [0.1, 0.15) is 28.5 Å². The molecule has 0 bridgehead atoms. The van der Waals surface area contributed by atoms with Crippen LogP contribution in [0.2, 0.25) is 0 Å². The van der Waals surface area contributed by atoms with Crippen LogP contribution in [0.3, 0.4) is 0 Å². The van der Waals surface area contributed by atoms with Crippen molar-refractivity contribution in [3.63, 3.8) is 0 Å². The van der Waals surface area contributed by atoms with Gasteiger partial charge in [-0.25, -0.2) is 9.18 Å². The molecule has 0 spiro atoms. The van der Waals surface area contributed by atoms with E-state index in [1.165, 1.54) is 24.3 Å². The fourth-order valence-corrected chi connectivity index (χ4v) is 5.91. The summed E-state index contributed by atoms with van der Waals surface area (Å²) in [5.74, 6) is 0.244. The van der Waals surface area contributed by atoms with Gasteiger partial charge >= 0.3 is 5.97 Å². The molecule has 1 unspecified atom stereocenters. The third kappa shape index (κ3) is 5.09. The quantitative estimate of drug-likeness (QED) is 0.235. The van der Waals surface area contributed by atoms with E-state index in [4.69, 9.17) is 10.5 Å². The molecule has 0 saturated carbocycles. The summed E-state index contributed by atoms with van der Waals surface area (Å²) in [6.45, 7) is 2.38. The number of rotatable bonds is 9. The Morgan fingerprint density at radius 3 is 2.69 bits per heavy atom. The number of fused-ring (bicyclic) bond motifs is 1. The molecule has 172 valence electrons. The van der Waals surface area contributed by atoms with Gasteiger partial charge in [-0.15, -0.1) is 0 Å². The molecule has 0 amide bonds. The summed E-state index contributed by atoms with van der Waals surface area (Å²) in [6, 6.07) is 7.17. The molecule has 1 atom stereocenters. The maximum Gasteiger partial charge on any atom is 0.340 e. The van der Waals surface area contributed by atoms with Crippen LogP contribution in [0.4, 0.5) is 4.39 Å². The molecule has 3 rings (SSSR count). The molecular weight excluding hydrogens is 519 g/mol. The van der Waals surface area contributed by atoms with Crippen LogP contribution in [0.5, 0.6) is 5.75 Å². The lowest BCUT2D eigenvalue weighted by molar-refractivity contribution is 0.0527. The fourth-order valence-electron chi connectivity index (χ4n) is 3.46. The van der Waals surface area contributed by atoms with Gasteiger partial charge in [0.1, 0.15) is 11.6 Å². The van der Waals surface area contributed by atoms with Crippen molar-refractivity contribution >= 4 is 55.7 Å². The molecule has 0 aliphatic heterocycles. The van der Waals surface area contributed by atoms with Gasteiger partial charge in [0, 0.05) is 36.0 Å². The molecule has 0 fully saturated rings.